The maximum absolute atomic E-state index is 13.1. The van der Waals surface area contributed by atoms with Crippen LogP contribution in [0.15, 0.2) is 42.7 Å². The summed E-state index contributed by atoms with van der Waals surface area (Å²) in [5, 5.41) is 16.8. The van der Waals surface area contributed by atoms with E-state index in [4.69, 9.17) is 5.11 Å². The first-order valence-electron chi connectivity index (χ1n) is 8.46. The molecule has 27 heavy (non-hydrogen) atoms. The Bertz CT molecular complexity index is 982. The van der Waals surface area contributed by atoms with E-state index in [9.17, 15) is 14.0 Å². The molecule has 0 saturated heterocycles. The fourth-order valence-corrected chi connectivity index (χ4v) is 2.81. The highest BCUT2D eigenvalue weighted by Crippen LogP contribution is 2.20. The summed E-state index contributed by atoms with van der Waals surface area (Å²) in [6.45, 7) is 3.96. The fraction of sp³-hybridized carbons (Fsp3) is 0.263. The molecule has 3 rings (SSSR count). The first-order valence-corrected chi connectivity index (χ1v) is 8.46. The van der Waals surface area contributed by atoms with E-state index in [1.807, 2.05) is 13.8 Å². The van der Waals surface area contributed by atoms with E-state index in [-0.39, 0.29) is 12.5 Å². The Hall–Kier alpha value is -3.29. The normalized spacial score (nSPS) is 12.3. The van der Waals surface area contributed by atoms with Gasteiger partial charge in [0.1, 0.15) is 5.82 Å². The maximum atomic E-state index is 13.1. The number of halogens is 1. The van der Waals surface area contributed by atoms with E-state index in [0.717, 1.165) is 0 Å². The van der Waals surface area contributed by atoms with Crippen LogP contribution in [0.3, 0.4) is 0 Å². The van der Waals surface area contributed by atoms with Crippen molar-refractivity contribution >= 4 is 22.9 Å². The first kappa shape index (κ1) is 18.5. The third-order valence-corrected chi connectivity index (χ3v) is 4.14. The molecule has 140 valence electrons. The third-order valence-electron chi connectivity index (χ3n) is 4.14. The molecular formula is C19H19FN4O3. The summed E-state index contributed by atoms with van der Waals surface area (Å²) >= 11 is 0. The van der Waals surface area contributed by atoms with Crippen molar-refractivity contribution in [2.24, 2.45) is 0 Å². The van der Waals surface area contributed by atoms with Gasteiger partial charge < -0.3 is 10.4 Å². The topological polar surface area (TPSA) is 97.1 Å². The van der Waals surface area contributed by atoms with Crippen LogP contribution in [0.2, 0.25) is 0 Å². The van der Waals surface area contributed by atoms with Gasteiger partial charge in [0.15, 0.2) is 5.65 Å². The highest BCUT2D eigenvalue weighted by Gasteiger charge is 2.20. The minimum Gasteiger partial charge on any atom is -0.481 e. The molecule has 1 unspecified atom stereocenters. The molecule has 0 saturated carbocycles. The van der Waals surface area contributed by atoms with Crippen LogP contribution in [-0.4, -0.2) is 31.7 Å². The Labute approximate surface area is 154 Å². The van der Waals surface area contributed by atoms with E-state index in [0.29, 0.717) is 22.2 Å². The zero-order valence-electron chi connectivity index (χ0n) is 14.9. The van der Waals surface area contributed by atoms with E-state index in [1.165, 1.54) is 30.5 Å². The number of carboxylic acid groups (broad SMARTS) is 1. The average Bonchev–Trinajstić information content (AvgIpc) is 3.04. The number of benzene rings is 1. The van der Waals surface area contributed by atoms with E-state index in [1.54, 1.807) is 16.9 Å². The lowest BCUT2D eigenvalue weighted by atomic mass is 10.0. The number of nitrogens with zero attached hydrogens (tertiary/aromatic N) is 3. The number of amides is 1. The van der Waals surface area contributed by atoms with Crippen LogP contribution in [-0.2, 0) is 4.79 Å². The predicted octanol–water partition coefficient (Wildman–Crippen LogP) is 3.10. The highest BCUT2D eigenvalue weighted by molar-refractivity contribution is 5.97. The maximum Gasteiger partial charge on any atom is 0.305 e. The quantitative estimate of drug-likeness (QED) is 0.695. The lowest BCUT2D eigenvalue weighted by Crippen LogP contribution is -2.30. The molecule has 1 atom stereocenters. The summed E-state index contributed by atoms with van der Waals surface area (Å²) in [6, 6.07) is 6.37. The first-order chi connectivity index (χ1) is 12.8. The van der Waals surface area contributed by atoms with E-state index in [2.05, 4.69) is 15.4 Å². The number of aliphatic carboxylic acids is 1. The summed E-state index contributed by atoms with van der Waals surface area (Å²) in [5.74, 6) is -1.97. The van der Waals surface area contributed by atoms with Gasteiger partial charge in [0.2, 0.25) is 0 Å². The van der Waals surface area contributed by atoms with Crippen molar-refractivity contribution in [1.29, 1.82) is 0 Å². The van der Waals surface area contributed by atoms with Crippen LogP contribution in [0.4, 0.5) is 4.39 Å². The standard InChI is InChI=1S/C19H19FN4O3/c1-11(2)24-18-13(10-22-24)7-14(9-21-18)19(27)23-16(8-17(25)26)12-3-5-15(20)6-4-12/h3-7,9-11,16H,8H2,1-2H3,(H,23,27)(H,25,26). The minimum absolute atomic E-state index is 0.132. The zero-order chi connectivity index (χ0) is 19.6. The van der Waals surface area contributed by atoms with Crippen molar-refractivity contribution in [3.63, 3.8) is 0 Å². The van der Waals surface area contributed by atoms with E-state index >= 15 is 0 Å². The smallest absolute Gasteiger partial charge is 0.305 e. The van der Waals surface area contributed by atoms with Gasteiger partial charge in [-0.3, -0.25) is 9.59 Å². The van der Waals surface area contributed by atoms with Crippen molar-refractivity contribution in [2.45, 2.75) is 32.4 Å². The predicted molar refractivity (Wildman–Crippen MR) is 96.8 cm³/mol. The van der Waals surface area contributed by atoms with Crippen molar-refractivity contribution < 1.29 is 19.1 Å². The Morgan fingerprint density at radius 3 is 2.56 bits per heavy atom. The lowest BCUT2D eigenvalue weighted by Gasteiger charge is -2.17. The number of carbonyl (C=O) groups is 2. The number of hydrogen-bond acceptors (Lipinski definition) is 4. The second-order valence-corrected chi connectivity index (χ2v) is 6.50. The number of hydrogen-bond donors (Lipinski definition) is 2. The van der Waals surface area contributed by atoms with Crippen molar-refractivity contribution in [2.75, 3.05) is 0 Å². The molecule has 0 bridgehead atoms. The lowest BCUT2D eigenvalue weighted by molar-refractivity contribution is -0.137. The van der Waals surface area contributed by atoms with Crippen LogP contribution < -0.4 is 5.32 Å². The van der Waals surface area contributed by atoms with Crippen molar-refractivity contribution in [3.8, 4) is 0 Å². The molecule has 1 amide bonds. The molecule has 2 heterocycles. The second-order valence-electron chi connectivity index (χ2n) is 6.50. The summed E-state index contributed by atoms with van der Waals surface area (Å²) in [7, 11) is 0. The Morgan fingerprint density at radius 2 is 1.93 bits per heavy atom. The molecule has 0 spiro atoms. The number of carboxylic acids is 1. The molecule has 2 N–H and O–H groups in total. The van der Waals surface area contributed by atoms with Gasteiger partial charge in [0, 0.05) is 17.6 Å². The second kappa shape index (κ2) is 7.53. The minimum atomic E-state index is -1.07. The van der Waals surface area contributed by atoms with Gasteiger partial charge in [-0.2, -0.15) is 5.10 Å². The molecule has 1 aromatic carbocycles. The van der Waals surface area contributed by atoms with Crippen LogP contribution in [0.1, 0.15) is 48.3 Å². The summed E-state index contributed by atoms with van der Waals surface area (Å²) < 4.78 is 14.9. The molecule has 0 radical (unpaired) electrons. The van der Waals surface area contributed by atoms with Gasteiger partial charge in [-0.15, -0.1) is 0 Å². The number of aromatic nitrogens is 3. The van der Waals surface area contributed by atoms with Gasteiger partial charge in [0.25, 0.3) is 5.91 Å². The van der Waals surface area contributed by atoms with Crippen LogP contribution in [0.25, 0.3) is 11.0 Å². The average molecular weight is 370 g/mol. The summed E-state index contributed by atoms with van der Waals surface area (Å²) in [4.78, 5) is 28.1. The van der Waals surface area contributed by atoms with Gasteiger partial charge in [0.05, 0.1) is 24.2 Å². The van der Waals surface area contributed by atoms with Crippen LogP contribution >= 0.6 is 0 Å². The SMILES string of the molecule is CC(C)n1ncc2cc(C(=O)NC(CC(=O)O)c3ccc(F)cc3)cnc21. The summed E-state index contributed by atoms with van der Waals surface area (Å²) in [6.07, 6.45) is 2.74. The molecule has 0 aliphatic heterocycles. The largest absolute Gasteiger partial charge is 0.481 e. The van der Waals surface area contributed by atoms with Gasteiger partial charge in [-0.25, -0.2) is 14.1 Å². The molecule has 3 aromatic rings. The fourth-order valence-electron chi connectivity index (χ4n) is 2.81. The number of fused-ring (bicyclic) bond motifs is 1. The number of rotatable bonds is 6. The molecule has 2 aromatic heterocycles. The number of pyridine rings is 1. The Kier molecular flexibility index (Phi) is 5.16. The third kappa shape index (κ3) is 4.11. The monoisotopic (exact) mass is 370 g/mol. The van der Waals surface area contributed by atoms with Gasteiger partial charge in [-0.05, 0) is 37.6 Å². The van der Waals surface area contributed by atoms with E-state index < -0.39 is 23.7 Å². The molecule has 0 aliphatic carbocycles. The van der Waals surface area contributed by atoms with Crippen LogP contribution in [0, 0.1) is 5.82 Å². The molecular weight excluding hydrogens is 351 g/mol. The Morgan fingerprint density at radius 1 is 1.22 bits per heavy atom. The number of carbonyl (C=O) groups excluding carboxylic acids is 1. The zero-order valence-corrected chi connectivity index (χ0v) is 14.9. The molecule has 8 heteroatoms. The van der Waals surface area contributed by atoms with Crippen molar-refractivity contribution in [1.82, 2.24) is 20.1 Å². The van der Waals surface area contributed by atoms with Crippen molar-refractivity contribution in [3.05, 3.63) is 59.7 Å². The van der Waals surface area contributed by atoms with Crippen LogP contribution in [0.5, 0.6) is 0 Å². The highest BCUT2D eigenvalue weighted by atomic mass is 19.1. The Balaban J connectivity index is 1.85. The summed E-state index contributed by atoms with van der Waals surface area (Å²) in [5.41, 5.74) is 1.47. The molecule has 0 fully saturated rings. The molecule has 7 nitrogen and oxygen atoms in total. The molecule has 0 aliphatic rings. The van der Waals surface area contributed by atoms with Gasteiger partial charge >= 0.3 is 5.97 Å². The van der Waals surface area contributed by atoms with Gasteiger partial charge in [-0.1, -0.05) is 12.1 Å². The number of nitrogens with one attached hydrogen (secondary N) is 1.